The fourth-order valence-corrected chi connectivity index (χ4v) is 1.33. The molecule has 0 aliphatic heterocycles. The lowest BCUT2D eigenvalue weighted by Gasteiger charge is -1.97. The Hall–Kier alpha value is -0.790. The lowest BCUT2D eigenvalue weighted by atomic mass is 10.2. The Morgan fingerprint density at radius 1 is 1.08 bits per heavy atom. The summed E-state index contributed by atoms with van der Waals surface area (Å²) in [6.45, 7) is 0. The maximum Gasteiger partial charge on any atom is 0.0705 e. The van der Waals surface area contributed by atoms with Crippen molar-refractivity contribution in [1.82, 2.24) is 4.98 Å². The molecular formula is C10H8Cl2N-. The first kappa shape index (κ1) is 10.3. The molecule has 0 fully saturated rings. The van der Waals surface area contributed by atoms with Crippen LogP contribution in [0.1, 0.15) is 5.69 Å². The summed E-state index contributed by atoms with van der Waals surface area (Å²) in [6.07, 6.45) is 0. The number of hydrogen-bond acceptors (Lipinski definition) is 1. The number of nitrogens with zero attached hydrogens (tertiary/aromatic N) is 1. The second kappa shape index (κ2) is 4.45. The fourth-order valence-electron chi connectivity index (χ4n) is 1.18. The molecule has 1 heterocycles. The minimum atomic E-state index is 0. The van der Waals surface area contributed by atoms with Gasteiger partial charge in [0, 0.05) is 5.39 Å². The number of alkyl halides is 1. The molecule has 13 heavy (non-hydrogen) atoms. The highest BCUT2D eigenvalue weighted by molar-refractivity contribution is 6.16. The van der Waals surface area contributed by atoms with Crippen molar-refractivity contribution in [2.45, 2.75) is 5.88 Å². The molecule has 0 aliphatic rings. The molecule has 0 amide bonds. The van der Waals surface area contributed by atoms with Crippen molar-refractivity contribution in [2.24, 2.45) is 0 Å². The highest BCUT2D eigenvalue weighted by Gasteiger charge is 1.94. The van der Waals surface area contributed by atoms with E-state index in [0.717, 1.165) is 16.6 Å². The zero-order valence-corrected chi connectivity index (χ0v) is 8.39. The molecule has 0 spiro atoms. The predicted molar refractivity (Wildman–Crippen MR) is 51.3 cm³/mol. The first-order chi connectivity index (χ1) is 5.90. The van der Waals surface area contributed by atoms with Crippen molar-refractivity contribution in [1.29, 1.82) is 0 Å². The predicted octanol–water partition coefficient (Wildman–Crippen LogP) is -0.0224. The molecule has 0 N–H and O–H groups in total. The van der Waals surface area contributed by atoms with Crippen molar-refractivity contribution in [2.75, 3.05) is 0 Å². The minimum absolute atomic E-state index is 0. The van der Waals surface area contributed by atoms with Crippen LogP contribution >= 0.6 is 11.6 Å². The zero-order chi connectivity index (χ0) is 8.39. The summed E-state index contributed by atoms with van der Waals surface area (Å²) >= 11 is 5.66. The number of aromatic nitrogens is 1. The SMILES string of the molecule is ClCc1ccc2ccccc2n1.[Cl-]. The number of hydrogen-bond donors (Lipinski definition) is 0. The molecule has 68 valence electrons. The molecule has 1 nitrogen and oxygen atoms in total. The number of pyridine rings is 1. The normalized spacial score (nSPS) is 9.62. The van der Waals surface area contributed by atoms with E-state index in [1.54, 1.807) is 0 Å². The Kier molecular flexibility index (Phi) is 3.52. The quantitative estimate of drug-likeness (QED) is 0.606. The van der Waals surface area contributed by atoms with Crippen LogP contribution in [-0.4, -0.2) is 4.98 Å². The molecule has 2 aromatic rings. The van der Waals surface area contributed by atoms with Gasteiger partial charge in [0.2, 0.25) is 0 Å². The van der Waals surface area contributed by atoms with Gasteiger partial charge in [-0.1, -0.05) is 24.3 Å². The second-order valence-electron chi connectivity index (χ2n) is 2.63. The van der Waals surface area contributed by atoms with Crippen molar-refractivity contribution in [3.05, 3.63) is 42.1 Å². The van der Waals surface area contributed by atoms with Gasteiger partial charge < -0.3 is 12.4 Å². The van der Waals surface area contributed by atoms with Gasteiger partial charge >= 0.3 is 0 Å². The molecule has 1 aromatic heterocycles. The van der Waals surface area contributed by atoms with Gasteiger partial charge in [-0.25, -0.2) is 0 Å². The monoisotopic (exact) mass is 212 g/mol. The molecule has 0 radical (unpaired) electrons. The fraction of sp³-hybridized carbons (Fsp3) is 0.100. The molecule has 0 atom stereocenters. The number of fused-ring (bicyclic) bond motifs is 1. The van der Waals surface area contributed by atoms with Gasteiger partial charge in [0.05, 0.1) is 17.1 Å². The van der Waals surface area contributed by atoms with Crippen LogP contribution in [0.3, 0.4) is 0 Å². The van der Waals surface area contributed by atoms with Crippen LogP contribution in [0, 0.1) is 0 Å². The van der Waals surface area contributed by atoms with E-state index in [0.29, 0.717) is 5.88 Å². The van der Waals surface area contributed by atoms with Gasteiger partial charge in [-0.2, -0.15) is 0 Å². The topological polar surface area (TPSA) is 12.9 Å². The molecule has 0 bridgehead atoms. The third-order valence-electron chi connectivity index (χ3n) is 1.79. The standard InChI is InChI=1S/C10H8ClN.ClH/c11-7-9-6-5-8-3-1-2-4-10(8)12-9;/h1-6H,7H2;1H/p-1. The van der Waals surface area contributed by atoms with Crippen molar-refractivity contribution >= 4 is 22.5 Å². The summed E-state index contributed by atoms with van der Waals surface area (Å²) in [5.41, 5.74) is 1.94. The van der Waals surface area contributed by atoms with Gasteiger partial charge in [0.15, 0.2) is 0 Å². The van der Waals surface area contributed by atoms with Crippen LogP contribution in [0.5, 0.6) is 0 Å². The molecule has 0 aliphatic carbocycles. The highest BCUT2D eigenvalue weighted by Crippen LogP contribution is 2.12. The van der Waals surface area contributed by atoms with Crippen LogP contribution < -0.4 is 12.4 Å². The van der Waals surface area contributed by atoms with E-state index in [1.165, 1.54) is 0 Å². The van der Waals surface area contributed by atoms with Gasteiger partial charge in [-0.05, 0) is 12.1 Å². The molecule has 0 saturated heterocycles. The van der Waals surface area contributed by atoms with Gasteiger partial charge in [0.25, 0.3) is 0 Å². The Labute approximate surface area is 88.2 Å². The summed E-state index contributed by atoms with van der Waals surface area (Å²) < 4.78 is 0. The van der Waals surface area contributed by atoms with E-state index in [1.807, 2.05) is 36.4 Å². The maximum atomic E-state index is 5.66. The third kappa shape index (κ3) is 2.11. The van der Waals surface area contributed by atoms with Crippen LogP contribution in [-0.2, 0) is 5.88 Å². The second-order valence-corrected chi connectivity index (χ2v) is 2.90. The van der Waals surface area contributed by atoms with Crippen molar-refractivity contribution < 1.29 is 12.4 Å². The first-order valence-corrected chi connectivity index (χ1v) is 4.34. The lowest BCUT2D eigenvalue weighted by molar-refractivity contribution is -0.00000240. The molecule has 1 aromatic carbocycles. The van der Waals surface area contributed by atoms with E-state index in [9.17, 15) is 0 Å². The Morgan fingerprint density at radius 3 is 2.62 bits per heavy atom. The van der Waals surface area contributed by atoms with Gasteiger partial charge in [-0.15, -0.1) is 11.6 Å². The van der Waals surface area contributed by atoms with E-state index in [2.05, 4.69) is 4.98 Å². The largest absolute Gasteiger partial charge is 1.00 e. The maximum absolute atomic E-state index is 5.66. The molecule has 2 rings (SSSR count). The van der Waals surface area contributed by atoms with Crippen LogP contribution in [0.2, 0.25) is 0 Å². The molecular weight excluding hydrogens is 205 g/mol. The minimum Gasteiger partial charge on any atom is -1.00 e. The summed E-state index contributed by atoms with van der Waals surface area (Å²) in [5, 5.41) is 1.16. The van der Waals surface area contributed by atoms with Crippen LogP contribution in [0.25, 0.3) is 10.9 Å². The van der Waals surface area contributed by atoms with E-state index in [4.69, 9.17) is 11.6 Å². The van der Waals surface area contributed by atoms with Crippen LogP contribution in [0.4, 0.5) is 0 Å². The zero-order valence-electron chi connectivity index (χ0n) is 6.87. The summed E-state index contributed by atoms with van der Waals surface area (Å²) in [7, 11) is 0. The Balaban J connectivity index is 0.000000845. The number of para-hydroxylation sites is 1. The van der Waals surface area contributed by atoms with Crippen LogP contribution in [0.15, 0.2) is 36.4 Å². The number of benzene rings is 1. The summed E-state index contributed by atoms with van der Waals surface area (Å²) in [5.74, 6) is 0.477. The molecule has 0 saturated carbocycles. The smallest absolute Gasteiger partial charge is 0.0705 e. The highest BCUT2D eigenvalue weighted by atomic mass is 35.5. The molecule has 0 unspecified atom stereocenters. The Morgan fingerprint density at radius 2 is 1.85 bits per heavy atom. The number of halogens is 2. The first-order valence-electron chi connectivity index (χ1n) is 3.81. The molecule has 3 heteroatoms. The Bertz CT molecular complexity index is 401. The number of rotatable bonds is 1. The lowest BCUT2D eigenvalue weighted by Crippen LogP contribution is -3.00. The summed E-state index contributed by atoms with van der Waals surface area (Å²) in [6, 6.07) is 12.0. The summed E-state index contributed by atoms with van der Waals surface area (Å²) in [4.78, 5) is 4.36. The van der Waals surface area contributed by atoms with Crippen molar-refractivity contribution in [3.8, 4) is 0 Å². The average Bonchev–Trinajstić information content (AvgIpc) is 2.17. The van der Waals surface area contributed by atoms with Gasteiger partial charge in [0.1, 0.15) is 0 Å². The third-order valence-corrected chi connectivity index (χ3v) is 2.07. The van der Waals surface area contributed by atoms with E-state index >= 15 is 0 Å². The van der Waals surface area contributed by atoms with Crippen molar-refractivity contribution in [3.63, 3.8) is 0 Å². The van der Waals surface area contributed by atoms with Gasteiger partial charge in [-0.3, -0.25) is 4.98 Å². The van der Waals surface area contributed by atoms with E-state index in [-0.39, 0.29) is 12.4 Å². The van der Waals surface area contributed by atoms with E-state index < -0.39 is 0 Å². The average molecular weight is 213 g/mol.